The zero-order chi connectivity index (χ0) is 14.1. The zero-order valence-electron chi connectivity index (χ0n) is 9.94. The number of hydrogen-bond acceptors (Lipinski definition) is 4. The number of rotatable bonds is 2. The van der Waals surface area contributed by atoms with E-state index in [9.17, 15) is 4.39 Å². The van der Waals surface area contributed by atoms with Gasteiger partial charge in [0, 0.05) is 11.6 Å². The van der Waals surface area contributed by atoms with Gasteiger partial charge in [0.1, 0.15) is 0 Å². The normalized spacial score (nSPS) is 10.8. The molecule has 0 spiro atoms. The summed E-state index contributed by atoms with van der Waals surface area (Å²) in [5.41, 5.74) is 1.20. The van der Waals surface area contributed by atoms with E-state index < -0.39 is 5.82 Å². The van der Waals surface area contributed by atoms with Gasteiger partial charge in [0.25, 0.3) is 0 Å². The van der Waals surface area contributed by atoms with Crippen molar-refractivity contribution in [3.8, 4) is 0 Å². The first-order chi connectivity index (χ1) is 9.65. The molecule has 0 amide bonds. The predicted molar refractivity (Wildman–Crippen MR) is 77.0 cm³/mol. The van der Waals surface area contributed by atoms with Crippen molar-refractivity contribution < 1.29 is 4.39 Å². The lowest BCUT2D eigenvalue weighted by Crippen LogP contribution is -2.00. The summed E-state index contributed by atoms with van der Waals surface area (Å²) in [6, 6.07) is 7.01. The van der Waals surface area contributed by atoms with Gasteiger partial charge in [-0.25, -0.2) is 9.37 Å². The van der Waals surface area contributed by atoms with Gasteiger partial charge in [-0.05, 0) is 35.9 Å². The van der Waals surface area contributed by atoms with Crippen LogP contribution in [0.25, 0.3) is 10.9 Å². The highest BCUT2D eigenvalue weighted by Crippen LogP contribution is 2.30. The fourth-order valence-corrected chi connectivity index (χ4v) is 2.15. The van der Waals surface area contributed by atoms with Crippen molar-refractivity contribution in [2.45, 2.75) is 0 Å². The minimum Gasteiger partial charge on any atom is -0.336 e. The van der Waals surface area contributed by atoms with Crippen molar-refractivity contribution in [1.29, 1.82) is 0 Å². The summed E-state index contributed by atoms with van der Waals surface area (Å²) in [6.07, 6.45) is 2.64. The molecule has 1 aromatic carbocycles. The van der Waals surface area contributed by atoms with E-state index in [1.54, 1.807) is 24.4 Å². The fourth-order valence-electron chi connectivity index (χ4n) is 1.80. The maximum absolute atomic E-state index is 13.6. The van der Waals surface area contributed by atoms with Crippen molar-refractivity contribution in [3.63, 3.8) is 0 Å². The van der Waals surface area contributed by atoms with Gasteiger partial charge < -0.3 is 5.32 Å². The summed E-state index contributed by atoms with van der Waals surface area (Å²) >= 11 is 11.8. The number of pyridine rings is 1. The second-order valence-corrected chi connectivity index (χ2v) is 4.70. The molecule has 100 valence electrons. The van der Waals surface area contributed by atoms with E-state index in [0.29, 0.717) is 16.2 Å². The highest BCUT2D eigenvalue weighted by atomic mass is 35.5. The number of aromatic nitrogens is 3. The minimum absolute atomic E-state index is 0.0146. The van der Waals surface area contributed by atoms with Crippen LogP contribution in [0, 0.1) is 5.82 Å². The Hall–Kier alpha value is -1.98. The summed E-state index contributed by atoms with van der Waals surface area (Å²) in [5, 5.41) is 4.14. The molecule has 3 rings (SSSR count). The van der Waals surface area contributed by atoms with Crippen LogP contribution < -0.4 is 5.32 Å². The van der Waals surface area contributed by atoms with Crippen molar-refractivity contribution in [3.05, 3.63) is 52.8 Å². The third-order valence-corrected chi connectivity index (χ3v) is 3.20. The quantitative estimate of drug-likeness (QED) is 0.720. The minimum atomic E-state index is -0.603. The summed E-state index contributed by atoms with van der Waals surface area (Å²) in [5.74, 6) is -0.618. The van der Waals surface area contributed by atoms with Gasteiger partial charge in [-0.2, -0.15) is 4.98 Å². The summed E-state index contributed by atoms with van der Waals surface area (Å²) in [6.45, 7) is 0. The van der Waals surface area contributed by atoms with E-state index >= 15 is 0 Å². The Kier molecular flexibility index (Phi) is 3.38. The molecule has 0 unspecified atom stereocenters. The maximum Gasteiger partial charge on any atom is 0.224 e. The first-order valence-corrected chi connectivity index (χ1v) is 6.39. The number of benzene rings is 1. The summed E-state index contributed by atoms with van der Waals surface area (Å²) in [7, 11) is 0. The molecule has 0 radical (unpaired) electrons. The van der Waals surface area contributed by atoms with Crippen LogP contribution in [0.5, 0.6) is 0 Å². The number of nitrogens with one attached hydrogen (secondary N) is 1. The molecular weight excluding hydrogens is 302 g/mol. The van der Waals surface area contributed by atoms with Crippen molar-refractivity contribution >= 4 is 45.6 Å². The maximum atomic E-state index is 13.6. The Morgan fingerprint density at radius 2 is 1.95 bits per heavy atom. The standard InChI is InChI=1S/C13H7Cl2FN4/c14-8-3-4-10(11-7(8)2-1-5-17-11)19-12-9(16)6-18-13(15)20-12/h1-6H,(H,18,19,20). The van der Waals surface area contributed by atoms with E-state index in [1.165, 1.54) is 0 Å². The number of halogens is 3. The average molecular weight is 309 g/mol. The van der Waals surface area contributed by atoms with Crippen LogP contribution in [0.2, 0.25) is 10.3 Å². The SMILES string of the molecule is Fc1cnc(Cl)nc1Nc1ccc(Cl)c2cccnc12. The summed E-state index contributed by atoms with van der Waals surface area (Å²) in [4.78, 5) is 11.6. The Bertz CT molecular complexity index is 794. The largest absolute Gasteiger partial charge is 0.336 e. The zero-order valence-corrected chi connectivity index (χ0v) is 11.5. The van der Waals surface area contributed by atoms with Gasteiger partial charge in [0.15, 0.2) is 11.6 Å². The van der Waals surface area contributed by atoms with Crippen LogP contribution in [0.3, 0.4) is 0 Å². The van der Waals surface area contributed by atoms with E-state index in [-0.39, 0.29) is 11.1 Å². The highest BCUT2D eigenvalue weighted by molar-refractivity contribution is 6.35. The molecule has 1 N–H and O–H groups in total. The van der Waals surface area contributed by atoms with E-state index in [2.05, 4.69) is 20.3 Å². The molecule has 0 fully saturated rings. The van der Waals surface area contributed by atoms with Crippen LogP contribution >= 0.6 is 23.2 Å². The molecule has 7 heteroatoms. The van der Waals surface area contributed by atoms with Gasteiger partial charge in [-0.15, -0.1) is 0 Å². The molecule has 0 aliphatic rings. The van der Waals surface area contributed by atoms with Crippen LogP contribution in [-0.4, -0.2) is 15.0 Å². The van der Waals surface area contributed by atoms with Crippen molar-refractivity contribution in [1.82, 2.24) is 15.0 Å². The van der Waals surface area contributed by atoms with Gasteiger partial charge >= 0.3 is 0 Å². The number of hydrogen-bond donors (Lipinski definition) is 1. The lowest BCUT2D eigenvalue weighted by Gasteiger charge is -2.09. The van der Waals surface area contributed by atoms with Gasteiger partial charge in [0.05, 0.1) is 22.4 Å². The number of anilines is 2. The molecule has 0 saturated carbocycles. The fraction of sp³-hybridized carbons (Fsp3) is 0. The molecular formula is C13H7Cl2FN4. The second kappa shape index (κ2) is 5.19. The van der Waals surface area contributed by atoms with E-state index in [4.69, 9.17) is 23.2 Å². The topological polar surface area (TPSA) is 50.7 Å². The molecule has 0 atom stereocenters. The monoisotopic (exact) mass is 308 g/mol. The van der Waals surface area contributed by atoms with Gasteiger partial charge in [0.2, 0.25) is 5.28 Å². The van der Waals surface area contributed by atoms with Crippen LogP contribution in [0.4, 0.5) is 15.9 Å². The van der Waals surface area contributed by atoms with E-state index in [0.717, 1.165) is 11.6 Å². The molecule has 2 heterocycles. The Morgan fingerprint density at radius 3 is 2.80 bits per heavy atom. The highest BCUT2D eigenvalue weighted by Gasteiger charge is 2.10. The van der Waals surface area contributed by atoms with Crippen molar-refractivity contribution in [2.24, 2.45) is 0 Å². The molecule has 2 aromatic heterocycles. The number of fused-ring (bicyclic) bond motifs is 1. The first-order valence-electron chi connectivity index (χ1n) is 5.63. The second-order valence-electron chi connectivity index (χ2n) is 3.96. The van der Waals surface area contributed by atoms with Gasteiger partial charge in [-0.3, -0.25) is 4.98 Å². The van der Waals surface area contributed by atoms with Crippen LogP contribution in [0.15, 0.2) is 36.7 Å². The molecule has 0 bridgehead atoms. The molecule has 4 nitrogen and oxygen atoms in total. The Labute approximate surface area is 123 Å². The third-order valence-electron chi connectivity index (χ3n) is 2.68. The Balaban J connectivity index is 2.11. The van der Waals surface area contributed by atoms with Gasteiger partial charge in [-0.1, -0.05) is 11.6 Å². The lowest BCUT2D eigenvalue weighted by molar-refractivity contribution is 0.619. The lowest BCUT2D eigenvalue weighted by atomic mass is 10.2. The molecule has 3 aromatic rings. The smallest absolute Gasteiger partial charge is 0.224 e. The van der Waals surface area contributed by atoms with Crippen LogP contribution in [0.1, 0.15) is 0 Å². The third kappa shape index (κ3) is 2.37. The molecule has 0 saturated heterocycles. The predicted octanol–water partition coefficient (Wildman–Crippen LogP) is 4.21. The average Bonchev–Trinajstić information content (AvgIpc) is 2.46. The Morgan fingerprint density at radius 1 is 1.10 bits per heavy atom. The van der Waals surface area contributed by atoms with E-state index in [1.807, 2.05) is 6.07 Å². The first kappa shape index (κ1) is 13.0. The summed E-state index contributed by atoms with van der Waals surface area (Å²) < 4.78 is 13.6. The molecule has 0 aliphatic carbocycles. The number of nitrogens with zero attached hydrogens (tertiary/aromatic N) is 3. The molecule has 20 heavy (non-hydrogen) atoms. The van der Waals surface area contributed by atoms with Crippen molar-refractivity contribution in [2.75, 3.05) is 5.32 Å². The van der Waals surface area contributed by atoms with Crippen LogP contribution in [-0.2, 0) is 0 Å². The molecule has 0 aliphatic heterocycles.